The van der Waals surface area contributed by atoms with E-state index in [0.717, 1.165) is 0 Å². The maximum atomic E-state index is 12.1. The zero-order valence-electron chi connectivity index (χ0n) is 16.4. The lowest BCUT2D eigenvalue weighted by Crippen LogP contribution is -2.20. The third kappa shape index (κ3) is 4.23. The van der Waals surface area contributed by atoms with Crippen molar-refractivity contribution in [1.82, 2.24) is 9.97 Å². The first-order valence-electron chi connectivity index (χ1n) is 8.58. The van der Waals surface area contributed by atoms with Crippen LogP contribution in [0.15, 0.2) is 27.0 Å². The lowest BCUT2D eigenvalue weighted by atomic mass is 10.0. The summed E-state index contributed by atoms with van der Waals surface area (Å²) in [5.41, 5.74) is 12.6. The molecule has 0 unspecified atom stereocenters. The fourth-order valence-corrected chi connectivity index (χ4v) is 2.86. The molecule has 2 rings (SSSR count). The molecular weight excluding hydrogens is 392 g/mol. The monoisotopic (exact) mass is 412 g/mol. The molecule has 0 aromatic carbocycles. The number of allylic oxidation sites excluding steroid dienone is 2. The van der Waals surface area contributed by atoms with Gasteiger partial charge in [0.25, 0.3) is 22.9 Å². The fraction of sp³-hybridized carbons (Fsp3) is 0.150. The van der Waals surface area contributed by atoms with E-state index in [4.69, 9.17) is 11.5 Å². The number of aromatic nitrogens is 2. The predicted octanol–water partition coefficient (Wildman–Crippen LogP) is 0.561. The van der Waals surface area contributed by atoms with Gasteiger partial charge < -0.3 is 21.7 Å². The Hall–Kier alpha value is -4.30. The maximum Gasteiger partial charge on any atom is 0.258 e. The zero-order valence-corrected chi connectivity index (χ0v) is 16.4. The average molecular weight is 412 g/mol. The summed E-state index contributed by atoms with van der Waals surface area (Å²) in [6, 6.07) is 0. The Balaban J connectivity index is 2.54. The number of carbonyl (C=O) groups is 2. The molecule has 0 atom stereocenters. The van der Waals surface area contributed by atoms with Gasteiger partial charge >= 0.3 is 0 Å². The summed E-state index contributed by atoms with van der Waals surface area (Å²) in [5, 5.41) is 19.4. The Morgan fingerprint density at radius 2 is 1.33 bits per heavy atom. The van der Waals surface area contributed by atoms with Crippen LogP contribution < -0.4 is 22.6 Å². The zero-order chi connectivity index (χ0) is 22.7. The van der Waals surface area contributed by atoms with E-state index in [1.165, 1.54) is 32.1 Å². The Morgan fingerprint density at radius 3 is 1.80 bits per heavy atom. The normalized spacial score (nSPS) is 10.6. The Kier molecular flexibility index (Phi) is 6.14. The summed E-state index contributed by atoms with van der Waals surface area (Å²) in [7, 11) is 0. The van der Waals surface area contributed by atoms with Crippen molar-refractivity contribution in [2.45, 2.75) is 20.8 Å². The van der Waals surface area contributed by atoms with Crippen LogP contribution in [-0.2, 0) is 0 Å². The molecule has 2 heterocycles. The summed E-state index contributed by atoms with van der Waals surface area (Å²) >= 11 is 0. The number of nitrogens with two attached hydrogens (primary N) is 2. The lowest BCUT2D eigenvalue weighted by Gasteiger charge is -2.07. The standard InChI is InChI=1S/C20H20N4O6/c1-8(4-6-11-9(2)13(15(21)25)19(29)23-17(11)27)5-7-12-10(3)14(16(22)26)20(30)24-18(12)28/h4,6-7H,1-3H3,(H2,21,25)(H2,22,26)(H2,23,27,29)(H2,24,28,30). The van der Waals surface area contributed by atoms with Crippen molar-refractivity contribution < 1.29 is 19.8 Å². The highest BCUT2D eigenvalue weighted by Gasteiger charge is 2.17. The smallest absolute Gasteiger partial charge is 0.258 e. The van der Waals surface area contributed by atoms with Crippen molar-refractivity contribution in [3.05, 3.63) is 71.5 Å². The van der Waals surface area contributed by atoms with E-state index >= 15 is 0 Å². The highest BCUT2D eigenvalue weighted by atomic mass is 16.3. The molecular formula is C20H20N4O6. The number of carbonyl (C=O) groups excluding carboxylic acids is 2. The molecule has 8 N–H and O–H groups in total. The van der Waals surface area contributed by atoms with E-state index in [1.54, 1.807) is 6.92 Å². The number of H-pyrrole nitrogens is 2. The minimum atomic E-state index is -0.899. The lowest BCUT2D eigenvalue weighted by molar-refractivity contribution is 0.0987. The van der Waals surface area contributed by atoms with Gasteiger partial charge in [0.15, 0.2) is 0 Å². The molecule has 0 spiro atoms. The molecule has 0 radical (unpaired) electrons. The molecule has 0 saturated heterocycles. The molecule has 0 bridgehead atoms. The predicted molar refractivity (Wildman–Crippen MR) is 110 cm³/mol. The van der Waals surface area contributed by atoms with Crippen LogP contribution in [0, 0.1) is 13.8 Å². The van der Waals surface area contributed by atoms with Gasteiger partial charge in [-0.1, -0.05) is 6.08 Å². The van der Waals surface area contributed by atoms with Crippen molar-refractivity contribution in [3.8, 4) is 11.8 Å². The second kappa shape index (κ2) is 8.38. The average Bonchev–Trinajstić information content (AvgIpc) is 2.59. The number of hydrogen-bond acceptors (Lipinski definition) is 6. The number of primary amides is 2. The van der Waals surface area contributed by atoms with E-state index in [1.807, 2.05) is 0 Å². The van der Waals surface area contributed by atoms with Gasteiger partial charge in [0.1, 0.15) is 11.1 Å². The highest BCUT2D eigenvalue weighted by Crippen LogP contribution is 2.20. The second-order valence-corrected chi connectivity index (χ2v) is 6.47. The van der Waals surface area contributed by atoms with Crippen LogP contribution in [0.25, 0.3) is 12.2 Å². The van der Waals surface area contributed by atoms with Gasteiger partial charge in [-0.15, -0.1) is 5.73 Å². The van der Waals surface area contributed by atoms with Crippen molar-refractivity contribution in [3.63, 3.8) is 0 Å². The molecule has 0 aliphatic rings. The molecule has 30 heavy (non-hydrogen) atoms. The van der Waals surface area contributed by atoms with Crippen LogP contribution in [0.3, 0.4) is 0 Å². The summed E-state index contributed by atoms with van der Waals surface area (Å²) < 4.78 is 0. The van der Waals surface area contributed by atoms with Crippen LogP contribution >= 0.6 is 0 Å². The Labute approximate surface area is 169 Å². The highest BCUT2D eigenvalue weighted by molar-refractivity contribution is 5.97. The van der Waals surface area contributed by atoms with Crippen LogP contribution in [0.5, 0.6) is 11.8 Å². The first-order chi connectivity index (χ1) is 14.0. The minimum absolute atomic E-state index is 0.0732. The summed E-state index contributed by atoms with van der Waals surface area (Å²) in [4.78, 5) is 51.4. The van der Waals surface area contributed by atoms with Crippen LogP contribution in [-0.4, -0.2) is 32.0 Å². The maximum absolute atomic E-state index is 12.1. The summed E-state index contributed by atoms with van der Waals surface area (Å²) in [6.07, 6.45) is 4.20. The second-order valence-electron chi connectivity index (χ2n) is 6.47. The van der Waals surface area contributed by atoms with Crippen molar-refractivity contribution in [2.75, 3.05) is 0 Å². The van der Waals surface area contributed by atoms with Crippen LogP contribution in [0.2, 0.25) is 0 Å². The van der Waals surface area contributed by atoms with E-state index in [2.05, 4.69) is 15.7 Å². The SMILES string of the molecule is CC(=C=Cc1c(C)c(C(N)=O)c(O)[nH]c1=O)C=Cc1c(C)c(C(N)=O)c(O)[nH]c1=O. The molecule has 2 amide bonds. The molecule has 2 aromatic rings. The van der Waals surface area contributed by atoms with E-state index in [-0.39, 0.29) is 33.4 Å². The number of hydrogen-bond donors (Lipinski definition) is 6. The van der Waals surface area contributed by atoms with Crippen molar-refractivity contribution in [1.29, 1.82) is 0 Å². The van der Waals surface area contributed by atoms with E-state index in [9.17, 15) is 29.4 Å². The number of amides is 2. The third-order valence-electron chi connectivity index (χ3n) is 4.42. The van der Waals surface area contributed by atoms with Crippen LogP contribution in [0.4, 0.5) is 0 Å². The molecule has 156 valence electrons. The van der Waals surface area contributed by atoms with E-state index in [0.29, 0.717) is 5.57 Å². The number of aromatic amines is 2. The minimum Gasteiger partial charge on any atom is -0.494 e. The fourth-order valence-electron chi connectivity index (χ4n) is 2.86. The molecule has 0 aliphatic carbocycles. The van der Waals surface area contributed by atoms with Crippen molar-refractivity contribution in [2.24, 2.45) is 11.5 Å². The summed E-state index contributed by atoms with van der Waals surface area (Å²) in [5.74, 6) is -3.02. The van der Waals surface area contributed by atoms with Gasteiger partial charge in [-0.25, -0.2) is 0 Å². The molecule has 0 saturated carbocycles. The van der Waals surface area contributed by atoms with Gasteiger partial charge in [-0.2, -0.15) is 0 Å². The number of pyridine rings is 2. The van der Waals surface area contributed by atoms with Gasteiger partial charge in [0.05, 0.1) is 5.56 Å². The van der Waals surface area contributed by atoms with E-state index < -0.39 is 34.7 Å². The van der Waals surface area contributed by atoms with Gasteiger partial charge in [-0.3, -0.25) is 29.1 Å². The number of rotatable bonds is 5. The van der Waals surface area contributed by atoms with Crippen molar-refractivity contribution >= 4 is 24.0 Å². The Morgan fingerprint density at radius 1 is 0.900 bits per heavy atom. The number of nitrogens with one attached hydrogen (secondary N) is 2. The van der Waals surface area contributed by atoms with Gasteiger partial charge in [0.2, 0.25) is 11.8 Å². The number of aromatic hydroxyl groups is 2. The van der Waals surface area contributed by atoms with Crippen LogP contribution in [0.1, 0.15) is 49.9 Å². The Bertz CT molecular complexity index is 1270. The topological polar surface area (TPSA) is 192 Å². The first kappa shape index (κ1) is 22.0. The summed E-state index contributed by atoms with van der Waals surface area (Å²) in [6.45, 7) is 4.55. The first-order valence-corrected chi connectivity index (χ1v) is 8.58. The molecule has 10 heteroatoms. The van der Waals surface area contributed by atoms with Gasteiger partial charge in [0, 0.05) is 5.56 Å². The quantitative estimate of drug-likeness (QED) is 0.307. The molecule has 2 aromatic heterocycles. The molecule has 10 nitrogen and oxygen atoms in total. The third-order valence-corrected chi connectivity index (χ3v) is 4.42. The van der Waals surface area contributed by atoms with Gasteiger partial charge in [-0.05, 0) is 49.6 Å². The molecule has 0 fully saturated rings. The molecule has 0 aliphatic heterocycles. The largest absolute Gasteiger partial charge is 0.494 e.